The highest BCUT2D eigenvalue weighted by molar-refractivity contribution is 6.63. The van der Waals surface area contributed by atoms with E-state index in [0.717, 1.165) is 0 Å². The van der Waals surface area contributed by atoms with Crippen molar-refractivity contribution in [2.24, 2.45) is 0 Å². The van der Waals surface area contributed by atoms with Crippen molar-refractivity contribution in [2.45, 2.75) is 38.3 Å². The van der Waals surface area contributed by atoms with Gasteiger partial charge in [-0.2, -0.15) is 13.2 Å². The minimum absolute atomic E-state index is 0.217. The number of alkyl halides is 3. The van der Waals surface area contributed by atoms with Crippen molar-refractivity contribution >= 4 is 18.1 Å². The van der Waals surface area contributed by atoms with Gasteiger partial charge in [0.15, 0.2) is 18.1 Å². The lowest BCUT2D eigenvalue weighted by atomic mass is 10.5. The topological polar surface area (TPSA) is 9.23 Å². The molecule has 0 radical (unpaired) electrons. The zero-order valence-electron chi connectivity index (χ0n) is 7.61. The van der Waals surface area contributed by atoms with Crippen LogP contribution in [0.5, 0.6) is 0 Å². The van der Waals surface area contributed by atoms with E-state index >= 15 is 0 Å². The van der Waals surface area contributed by atoms with E-state index in [9.17, 15) is 13.2 Å². The first-order chi connectivity index (χ1) is 5.31. The lowest BCUT2D eigenvalue weighted by Gasteiger charge is -2.15. The minimum Gasteiger partial charge on any atom is -0.460 e. The van der Waals surface area contributed by atoms with E-state index in [1.54, 1.807) is 0 Å². The molecule has 0 saturated heterocycles. The smallest absolute Gasteiger partial charge is 0.388 e. The molecule has 0 saturated carbocycles. The molecule has 0 aliphatic heterocycles. The second-order valence-electron chi connectivity index (χ2n) is 3.15. The van der Waals surface area contributed by atoms with Gasteiger partial charge in [0.2, 0.25) is 0 Å². The fourth-order valence-corrected chi connectivity index (χ4v) is 5.89. The van der Waals surface area contributed by atoms with E-state index < -0.39 is 30.7 Å². The molecular weight excluding hydrogens is 201 g/mol. The summed E-state index contributed by atoms with van der Waals surface area (Å²) in [5, 5.41) is 0. The quantitative estimate of drug-likeness (QED) is 0.655. The molecule has 0 aromatic heterocycles. The Morgan fingerprint density at radius 2 is 1.67 bits per heavy atom. The molecule has 0 spiro atoms. The summed E-state index contributed by atoms with van der Waals surface area (Å²) in [5.41, 5.74) is 0. The Morgan fingerprint density at radius 1 is 1.17 bits per heavy atom. The van der Waals surface area contributed by atoms with Gasteiger partial charge in [0.05, 0.1) is 0 Å². The monoisotopic (exact) mass is 216 g/mol. The standard InChI is InChI=1S/C6H15F3OSi2/c1-11(2)10-12(3)5-4-6(7,8)9/h11-12H,4-5H2,1-3H3. The predicted octanol–water partition coefficient (Wildman–Crippen LogP) is 2.29. The number of halogens is 3. The van der Waals surface area contributed by atoms with Crippen LogP contribution in [-0.2, 0) is 4.12 Å². The van der Waals surface area contributed by atoms with E-state index in [0.29, 0.717) is 0 Å². The third-order valence-corrected chi connectivity index (χ3v) is 6.48. The van der Waals surface area contributed by atoms with Gasteiger partial charge in [0, 0.05) is 6.42 Å². The number of hydrogen-bond acceptors (Lipinski definition) is 1. The third kappa shape index (κ3) is 8.28. The highest BCUT2D eigenvalue weighted by Crippen LogP contribution is 2.22. The highest BCUT2D eigenvalue weighted by Gasteiger charge is 2.28. The summed E-state index contributed by atoms with van der Waals surface area (Å²) in [5.74, 6) is 0. The molecule has 0 aromatic carbocycles. The van der Waals surface area contributed by atoms with E-state index in [-0.39, 0.29) is 6.04 Å². The van der Waals surface area contributed by atoms with E-state index in [1.165, 1.54) is 0 Å². The predicted molar refractivity (Wildman–Crippen MR) is 48.5 cm³/mol. The van der Waals surface area contributed by atoms with Crippen LogP contribution in [0.4, 0.5) is 13.2 Å². The fourth-order valence-electron chi connectivity index (χ4n) is 0.900. The summed E-state index contributed by atoms with van der Waals surface area (Å²) in [4.78, 5) is 0. The van der Waals surface area contributed by atoms with Crippen molar-refractivity contribution in [2.75, 3.05) is 0 Å². The Balaban J connectivity index is 3.51. The van der Waals surface area contributed by atoms with Crippen molar-refractivity contribution in [3.8, 4) is 0 Å². The number of rotatable bonds is 4. The van der Waals surface area contributed by atoms with Crippen molar-refractivity contribution < 1.29 is 17.3 Å². The van der Waals surface area contributed by atoms with Gasteiger partial charge in [0.25, 0.3) is 0 Å². The molecule has 1 unspecified atom stereocenters. The summed E-state index contributed by atoms with van der Waals surface area (Å²) in [7, 11) is -2.64. The highest BCUT2D eigenvalue weighted by atomic mass is 28.4. The first-order valence-electron chi connectivity index (χ1n) is 4.03. The summed E-state index contributed by atoms with van der Waals surface area (Å²) >= 11 is 0. The van der Waals surface area contributed by atoms with Crippen LogP contribution in [0.2, 0.25) is 25.7 Å². The maximum absolute atomic E-state index is 11.7. The first kappa shape index (κ1) is 12.2. The van der Waals surface area contributed by atoms with Gasteiger partial charge in [-0.15, -0.1) is 0 Å². The van der Waals surface area contributed by atoms with E-state index in [4.69, 9.17) is 4.12 Å². The summed E-state index contributed by atoms with van der Waals surface area (Å²) in [6.45, 7) is 5.80. The van der Waals surface area contributed by atoms with Crippen LogP contribution < -0.4 is 0 Å². The average molecular weight is 216 g/mol. The average Bonchev–Trinajstić information content (AvgIpc) is 1.80. The van der Waals surface area contributed by atoms with Crippen LogP contribution in [-0.4, -0.2) is 24.3 Å². The van der Waals surface area contributed by atoms with Gasteiger partial charge in [-0.1, -0.05) is 0 Å². The molecule has 1 atom stereocenters. The van der Waals surface area contributed by atoms with Crippen molar-refractivity contribution in [1.82, 2.24) is 0 Å². The first-order valence-corrected chi connectivity index (χ1v) is 9.26. The minimum atomic E-state index is -4.01. The SMILES string of the molecule is C[SiH](C)O[SiH](C)CCC(F)(F)F. The molecule has 0 aliphatic carbocycles. The second-order valence-corrected chi connectivity index (χ2v) is 8.53. The van der Waals surface area contributed by atoms with Crippen LogP contribution in [0.15, 0.2) is 0 Å². The second kappa shape index (κ2) is 5.03. The maximum atomic E-state index is 11.7. The molecule has 0 aliphatic rings. The van der Waals surface area contributed by atoms with Crippen LogP contribution in [0.3, 0.4) is 0 Å². The fraction of sp³-hybridized carbons (Fsp3) is 1.00. The van der Waals surface area contributed by atoms with Crippen LogP contribution >= 0.6 is 0 Å². The van der Waals surface area contributed by atoms with Gasteiger partial charge < -0.3 is 4.12 Å². The molecule has 1 nitrogen and oxygen atoms in total. The van der Waals surface area contributed by atoms with Crippen LogP contribution in [0.1, 0.15) is 6.42 Å². The molecule has 0 N–H and O–H groups in total. The zero-order valence-corrected chi connectivity index (χ0v) is 9.92. The lowest BCUT2D eigenvalue weighted by Crippen LogP contribution is -2.23. The Hall–Kier alpha value is 0.184. The molecule has 6 heteroatoms. The lowest BCUT2D eigenvalue weighted by molar-refractivity contribution is -0.130. The van der Waals surface area contributed by atoms with Gasteiger partial charge in [0.1, 0.15) is 0 Å². The van der Waals surface area contributed by atoms with Gasteiger partial charge in [-0.3, -0.25) is 0 Å². The largest absolute Gasteiger partial charge is 0.460 e. The van der Waals surface area contributed by atoms with Gasteiger partial charge >= 0.3 is 6.18 Å². The summed E-state index contributed by atoms with van der Waals surface area (Å²) in [6, 6.07) is 0.217. The van der Waals surface area contributed by atoms with Crippen LogP contribution in [0.25, 0.3) is 0 Å². The molecule has 12 heavy (non-hydrogen) atoms. The van der Waals surface area contributed by atoms with E-state index in [2.05, 4.69) is 0 Å². The molecular formula is C6H15F3OSi2. The summed E-state index contributed by atoms with van der Waals surface area (Å²) < 4.78 is 40.6. The molecule has 0 amide bonds. The Labute approximate surface area is 74.4 Å². The Kier molecular flexibility index (Phi) is 5.11. The van der Waals surface area contributed by atoms with Crippen molar-refractivity contribution in [1.29, 1.82) is 0 Å². The molecule has 0 fully saturated rings. The number of hydrogen-bond donors (Lipinski definition) is 0. The molecule has 74 valence electrons. The molecule has 0 bridgehead atoms. The third-order valence-electron chi connectivity index (χ3n) is 1.34. The summed E-state index contributed by atoms with van der Waals surface area (Å²) in [6.07, 6.45) is -4.69. The maximum Gasteiger partial charge on any atom is 0.388 e. The van der Waals surface area contributed by atoms with Gasteiger partial charge in [-0.25, -0.2) is 0 Å². The van der Waals surface area contributed by atoms with Crippen molar-refractivity contribution in [3.05, 3.63) is 0 Å². The van der Waals surface area contributed by atoms with Crippen molar-refractivity contribution in [3.63, 3.8) is 0 Å². The van der Waals surface area contributed by atoms with Gasteiger partial charge in [-0.05, 0) is 25.7 Å². The Morgan fingerprint density at radius 3 is 2.00 bits per heavy atom. The van der Waals surface area contributed by atoms with E-state index in [1.807, 2.05) is 19.6 Å². The Bertz CT molecular complexity index is 126. The molecule has 0 heterocycles. The van der Waals surface area contributed by atoms with Crippen LogP contribution in [0, 0.1) is 0 Å². The molecule has 0 rings (SSSR count). The molecule has 0 aromatic rings. The normalized spacial score (nSPS) is 15.2. The zero-order chi connectivity index (χ0) is 9.78.